The lowest BCUT2D eigenvalue weighted by Crippen LogP contribution is -2.62. The average Bonchev–Trinajstić information content (AvgIpc) is 3.25. The van der Waals surface area contributed by atoms with Crippen LogP contribution in [0.2, 0.25) is 0 Å². The number of piperidine rings is 1. The first-order valence-electron chi connectivity index (χ1n) is 15.8. The topological polar surface area (TPSA) is 160 Å². The Labute approximate surface area is 267 Å². The fraction of sp³-hybridized carbons (Fsp3) is 0.750. The smallest absolute Gasteiger partial charge is 0.319 e. The maximum absolute atomic E-state index is 14.2. The van der Waals surface area contributed by atoms with Gasteiger partial charge in [0, 0.05) is 39.8 Å². The first-order valence-corrected chi connectivity index (χ1v) is 15.8. The van der Waals surface area contributed by atoms with Gasteiger partial charge in [-0.05, 0) is 34.5 Å². The Morgan fingerprint density at radius 3 is 2.22 bits per heavy atom. The van der Waals surface area contributed by atoms with Crippen molar-refractivity contribution in [3.8, 4) is 0 Å². The zero-order valence-corrected chi connectivity index (χ0v) is 28.4. The van der Waals surface area contributed by atoms with E-state index in [4.69, 9.17) is 0 Å². The third kappa shape index (κ3) is 8.15. The van der Waals surface area contributed by atoms with Crippen molar-refractivity contribution in [1.82, 2.24) is 36.0 Å². The molecule has 13 heteroatoms. The molecule has 0 radical (unpaired) electrons. The minimum absolute atomic E-state index is 0.0839. The van der Waals surface area contributed by atoms with Crippen molar-refractivity contribution in [2.45, 2.75) is 79.9 Å². The molecule has 3 rings (SSSR count). The lowest BCUT2D eigenvalue weighted by molar-refractivity contribution is -0.144. The van der Waals surface area contributed by atoms with Crippen LogP contribution in [0.3, 0.4) is 0 Å². The Morgan fingerprint density at radius 1 is 1.00 bits per heavy atom. The minimum atomic E-state index is -0.969. The molecule has 7 amide bonds. The molecule has 2 aliphatic heterocycles. The molecule has 0 bridgehead atoms. The van der Waals surface area contributed by atoms with Crippen LogP contribution in [0.15, 0.2) is 12.7 Å². The second-order valence-electron chi connectivity index (χ2n) is 15.4. The van der Waals surface area contributed by atoms with Gasteiger partial charge in [0.2, 0.25) is 17.6 Å². The highest BCUT2D eigenvalue weighted by atomic mass is 16.2. The largest absolute Gasteiger partial charge is 0.347 e. The van der Waals surface area contributed by atoms with Crippen molar-refractivity contribution in [3.05, 3.63) is 12.7 Å². The highest BCUT2D eigenvalue weighted by molar-refractivity contribution is 6.37. The number of urea groups is 2. The number of nitrogens with zero attached hydrogens (tertiary/aromatic N) is 3. The molecular weight excluding hydrogens is 578 g/mol. The Balaban J connectivity index is 1.74. The monoisotopic (exact) mass is 631 g/mol. The molecule has 3 fully saturated rings. The van der Waals surface area contributed by atoms with Gasteiger partial charge in [0.15, 0.2) is 0 Å². The second kappa shape index (κ2) is 13.4. The van der Waals surface area contributed by atoms with E-state index in [0.717, 1.165) is 6.42 Å². The van der Waals surface area contributed by atoms with Gasteiger partial charge in [-0.15, -0.1) is 6.58 Å². The third-order valence-corrected chi connectivity index (χ3v) is 9.50. The van der Waals surface area contributed by atoms with E-state index in [1.165, 1.54) is 11.0 Å². The van der Waals surface area contributed by atoms with E-state index in [2.05, 4.69) is 27.8 Å². The molecule has 2 heterocycles. The molecule has 2 saturated heterocycles. The summed E-state index contributed by atoms with van der Waals surface area (Å²) >= 11 is 0. The summed E-state index contributed by atoms with van der Waals surface area (Å²) in [6, 6.07) is -2.84. The summed E-state index contributed by atoms with van der Waals surface area (Å²) < 4.78 is 0. The molecule has 252 valence electrons. The maximum atomic E-state index is 14.2. The van der Waals surface area contributed by atoms with Gasteiger partial charge >= 0.3 is 12.1 Å². The van der Waals surface area contributed by atoms with Crippen LogP contribution in [-0.4, -0.2) is 115 Å². The normalized spacial score (nSPS) is 23.8. The van der Waals surface area contributed by atoms with Crippen LogP contribution in [0.1, 0.15) is 61.8 Å². The molecule has 2 unspecified atom stereocenters. The molecule has 1 saturated carbocycles. The lowest BCUT2D eigenvalue weighted by Gasteiger charge is -2.40. The van der Waals surface area contributed by atoms with E-state index in [1.54, 1.807) is 16.8 Å². The molecule has 1 aliphatic carbocycles. The fourth-order valence-corrected chi connectivity index (χ4v) is 6.43. The van der Waals surface area contributed by atoms with Gasteiger partial charge in [0.25, 0.3) is 5.91 Å². The van der Waals surface area contributed by atoms with E-state index in [-0.39, 0.29) is 35.2 Å². The summed E-state index contributed by atoms with van der Waals surface area (Å²) in [6.45, 7) is 20.6. The van der Waals surface area contributed by atoms with Gasteiger partial charge in [-0.25, -0.2) is 9.59 Å². The van der Waals surface area contributed by atoms with Crippen LogP contribution in [0, 0.1) is 28.1 Å². The number of amides is 7. The second-order valence-corrected chi connectivity index (χ2v) is 15.4. The zero-order chi connectivity index (χ0) is 34.1. The first kappa shape index (κ1) is 35.8. The predicted molar refractivity (Wildman–Crippen MR) is 170 cm³/mol. The Kier molecular flexibility index (Phi) is 10.7. The summed E-state index contributed by atoms with van der Waals surface area (Å²) in [4.78, 5) is 83.0. The van der Waals surface area contributed by atoms with Gasteiger partial charge in [0.1, 0.15) is 12.1 Å². The maximum Gasteiger partial charge on any atom is 0.319 e. The standard InChI is InChI=1S/C32H53N7O6/c1-11-13-33-25(41)20(40)16-34-26(42)23-22-19(32(22,8)9)17-39(23)27(43)24(31(5,6)7)36-28(44)35-21(30(2,3)4)18-38-15-12-14-37(10)29(38)45/h11,19,21-24H,1,12-18H2,2-10H3,(H,33,41)(H,34,42)(H2,35,36,44)/t19?,21-,22?,23+,24-/m1/s1. The van der Waals surface area contributed by atoms with Crippen molar-refractivity contribution >= 4 is 35.6 Å². The van der Waals surface area contributed by atoms with Gasteiger partial charge < -0.3 is 36.0 Å². The molecular formula is C32H53N7O6. The van der Waals surface area contributed by atoms with Gasteiger partial charge in [-0.1, -0.05) is 61.5 Å². The molecule has 45 heavy (non-hydrogen) atoms. The molecule has 0 aromatic rings. The molecule has 4 N–H and O–H groups in total. The number of rotatable bonds is 11. The molecule has 0 spiro atoms. The van der Waals surface area contributed by atoms with Crippen molar-refractivity contribution < 1.29 is 28.8 Å². The molecule has 0 aromatic carbocycles. The molecule has 5 atom stereocenters. The number of fused-ring (bicyclic) bond motifs is 1. The minimum Gasteiger partial charge on any atom is -0.347 e. The summed E-state index contributed by atoms with van der Waals surface area (Å²) in [7, 11) is 1.76. The van der Waals surface area contributed by atoms with Gasteiger partial charge in [-0.3, -0.25) is 19.2 Å². The number of carbonyl (C=O) groups excluding carboxylic acids is 6. The molecule has 0 aromatic heterocycles. The molecule has 13 nitrogen and oxygen atoms in total. The van der Waals surface area contributed by atoms with Gasteiger partial charge in [-0.2, -0.15) is 0 Å². The number of ketones is 1. The van der Waals surface area contributed by atoms with Crippen LogP contribution in [0.4, 0.5) is 9.59 Å². The number of hydrogen-bond donors (Lipinski definition) is 4. The first-order chi connectivity index (χ1) is 20.7. The highest BCUT2D eigenvalue weighted by Crippen LogP contribution is 2.65. The Morgan fingerprint density at radius 2 is 1.64 bits per heavy atom. The molecule has 3 aliphatic rings. The summed E-state index contributed by atoms with van der Waals surface area (Å²) in [6.07, 6.45) is 2.28. The summed E-state index contributed by atoms with van der Waals surface area (Å²) in [5.41, 5.74) is -1.27. The van der Waals surface area contributed by atoms with Crippen molar-refractivity contribution in [2.75, 3.05) is 46.3 Å². The average molecular weight is 632 g/mol. The number of Topliss-reactive ketones (excluding diaryl/α,β-unsaturated/α-hetero) is 1. The van der Waals surface area contributed by atoms with E-state index < -0.39 is 59.6 Å². The lowest BCUT2D eigenvalue weighted by atomic mass is 9.85. The number of nitrogens with one attached hydrogen (secondary N) is 4. The summed E-state index contributed by atoms with van der Waals surface area (Å²) in [5, 5.41) is 10.9. The van der Waals surface area contributed by atoms with Gasteiger partial charge in [0.05, 0.1) is 12.6 Å². The van der Waals surface area contributed by atoms with Crippen molar-refractivity contribution in [2.24, 2.45) is 28.1 Å². The van der Waals surface area contributed by atoms with E-state index in [0.29, 0.717) is 26.2 Å². The van der Waals surface area contributed by atoms with Crippen molar-refractivity contribution in [1.29, 1.82) is 0 Å². The Hall–Kier alpha value is -3.64. The van der Waals surface area contributed by atoms with E-state index in [1.807, 2.05) is 55.4 Å². The highest BCUT2D eigenvalue weighted by Gasteiger charge is 2.69. The van der Waals surface area contributed by atoms with E-state index >= 15 is 0 Å². The van der Waals surface area contributed by atoms with Crippen LogP contribution in [0.25, 0.3) is 0 Å². The third-order valence-electron chi connectivity index (χ3n) is 9.50. The van der Waals surface area contributed by atoms with Crippen LogP contribution in [-0.2, 0) is 19.2 Å². The summed E-state index contributed by atoms with van der Waals surface area (Å²) in [5.74, 6) is -2.56. The fourth-order valence-electron chi connectivity index (χ4n) is 6.43. The zero-order valence-electron chi connectivity index (χ0n) is 28.4. The van der Waals surface area contributed by atoms with Crippen LogP contribution in [0.5, 0.6) is 0 Å². The van der Waals surface area contributed by atoms with Crippen molar-refractivity contribution in [3.63, 3.8) is 0 Å². The number of carbonyl (C=O) groups is 6. The quantitative estimate of drug-likeness (QED) is 0.199. The Bertz CT molecular complexity index is 1200. The van der Waals surface area contributed by atoms with Crippen LogP contribution >= 0.6 is 0 Å². The predicted octanol–water partition coefficient (Wildman–Crippen LogP) is 1.34. The van der Waals surface area contributed by atoms with Crippen LogP contribution < -0.4 is 21.3 Å². The van der Waals surface area contributed by atoms with E-state index in [9.17, 15) is 28.8 Å². The number of hydrogen-bond acceptors (Lipinski definition) is 6. The SMILES string of the molecule is C=CCNC(=O)C(=O)CNC(=O)[C@@H]1C2C(CN1C(=O)[C@@H](NC(=O)N[C@H](CN1CCCN(C)C1=O)C(C)(C)C)C(C)(C)C)C2(C)C. The number of likely N-dealkylation sites (tertiary alicyclic amines) is 1.